The molecule has 0 aliphatic rings. The van der Waals surface area contributed by atoms with E-state index in [2.05, 4.69) is 13.8 Å². The smallest absolute Gasteiger partial charge is 0.0895 e. The zero-order valence-electron chi connectivity index (χ0n) is 5.85. The Hall–Kier alpha value is -0.460. The summed E-state index contributed by atoms with van der Waals surface area (Å²) in [6, 6.07) is 0. The molecule has 8 heavy (non-hydrogen) atoms. The van der Waals surface area contributed by atoms with Gasteiger partial charge >= 0.3 is 0 Å². The molecule has 0 saturated heterocycles. The van der Waals surface area contributed by atoms with Gasteiger partial charge in [0.1, 0.15) is 0 Å². The van der Waals surface area contributed by atoms with Crippen molar-refractivity contribution < 1.29 is 4.74 Å². The molecule has 0 aliphatic carbocycles. The maximum Gasteiger partial charge on any atom is 0.0895 e. The predicted octanol–water partition coefficient (Wildman–Crippen LogP) is 2.19. The zero-order valence-corrected chi connectivity index (χ0v) is 5.85. The van der Waals surface area contributed by atoms with E-state index < -0.39 is 0 Å². The van der Waals surface area contributed by atoms with Gasteiger partial charge in [0.2, 0.25) is 0 Å². The molecule has 48 valence electrons. The lowest BCUT2D eigenvalue weighted by atomic mass is 10.2. The van der Waals surface area contributed by atoms with Gasteiger partial charge < -0.3 is 4.74 Å². The van der Waals surface area contributed by atoms with Gasteiger partial charge in [-0.05, 0) is 12.8 Å². The fourth-order valence-corrected chi connectivity index (χ4v) is 0.344. The quantitative estimate of drug-likeness (QED) is 0.511. The second-order valence-corrected chi connectivity index (χ2v) is 2.20. The van der Waals surface area contributed by atoms with Crippen molar-refractivity contribution in [2.24, 2.45) is 5.92 Å². The van der Waals surface area contributed by atoms with Crippen molar-refractivity contribution in [1.29, 1.82) is 0 Å². The van der Waals surface area contributed by atoms with Crippen LogP contribution in [-0.2, 0) is 4.74 Å². The number of hydrogen-bond donors (Lipinski definition) is 0. The highest BCUT2D eigenvalue weighted by molar-refractivity contribution is 4.65. The Morgan fingerprint density at radius 1 is 1.50 bits per heavy atom. The van der Waals surface area contributed by atoms with E-state index in [-0.39, 0.29) is 0 Å². The van der Waals surface area contributed by atoms with Crippen LogP contribution in [0, 0.1) is 5.92 Å². The molecular formula is C7H14O. The van der Waals surface area contributed by atoms with Crippen molar-refractivity contribution in [1.82, 2.24) is 0 Å². The fraction of sp³-hybridized carbons (Fsp3) is 0.714. The predicted molar refractivity (Wildman–Crippen MR) is 35.6 cm³/mol. The Kier molecular flexibility index (Phi) is 4.42. The van der Waals surface area contributed by atoms with E-state index in [0.29, 0.717) is 5.92 Å². The molecule has 0 fully saturated rings. The average Bonchev–Trinajstić information content (AvgIpc) is 1.66. The maximum absolute atomic E-state index is 5.06. The molecule has 0 atom stereocenters. The molecule has 0 spiro atoms. The van der Waals surface area contributed by atoms with Crippen LogP contribution in [0.5, 0.6) is 0 Å². The first kappa shape index (κ1) is 7.54. The number of hydrogen-bond acceptors (Lipinski definition) is 1. The molecule has 0 unspecified atom stereocenters. The minimum Gasteiger partial charge on any atom is -0.501 e. The first-order valence-corrected chi connectivity index (χ1v) is 3.00. The van der Waals surface area contributed by atoms with Crippen LogP contribution in [-0.4, -0.2) is 6.61 Å². The fourth-order valence-electron chi connectivity index (χ4n) is 0.344. The molecule has 0 saturated carbocycles. The van der Waals surface area contributed by atoms with Gasteiger partial charge in [-0.2, -0.15) is 0 Å². The molecule has 1 nitrogen and oxygen atoms in total. The largest absolute Gasteiger partial charge is 0.501 e. The Labute approximate surface area is 51.4 Å². The third-order valence-corrected chi connectivity index (χ3v) is 0.662. The minimum atomic E-state index is 0.631. The third-order valence-electron chi connectivity index (χ3n) is 0.662. The van der Waals surface area contributed by atoms with E-state index in [9.17, 15) is 0 Å². The van der Waals surface area contributed by atoms with E-state index in [1.54, 1.807) is 6.26 Å². The molecule has 0 rings (SSSR count). The Morgan fingerprint density at radius 3 is 2.50 bits per heavy atom. The molecule has 0 aromatic rings. The summed E-state index contributed by atoms with van der Waals surface area (Å²) in [7, 11) is 0. The zero-order chi connectivity index (χ0) is 6.41. The molecule has 0 radical (unpaired) electrons. The van der Waals surface area contributed by atoms with E-state index in [1.807, 2.05) is 13.0 Å². The topological polar surface area (TPSA) is 9.23 Å². The summed E-state index contributed by atoms with van der Waals surface area (Å²) >= 11 is 0. The maximum atomic E-state index is 5.06. The molecule has 0 aromatic carbocycles. The first-order chi connectivity index (χ1) is 3.77. The van der Waals surface area contributed by atoms with Crippen LogP contribution >= 0.6 is 0 Å². The van der Waals surface area contributed by atoms with Crippen LogP contribution in [0.25, 0.3) is 0 Å². The van der Waals surface area contributed by atoms with Crippen molar-refractivity contribution >= 4 is 0 Å². The van der Waals surface area contributed by atoms with Gasteiger partial charge in [-0.15, -0.1) is 0 Å². The summed E-state index contributed by atoms with van der Waals surface area (Å²) in [5, 5.41) is 0. The number of ether oxygens (including phenoxy) is 1. The van der Waals surface area contributed by atoms with Crippen LogP contribution in [0.15, 0.2) is 12.3 Å². The molecule has 0 amide bonds. The second kappa shape index (κ2) is 4.69. The van der Waals surface area contributed by atoms with Crippen LogP contribution in [0.1, 0.15) is 20.8 Å². The van der Waals surface area contributed by atoms with Crippen molar-refractivity contribution in [3.05, 3.63) is 12.3 Å². The van der Waals surface area contributed by atoms with Crippen molar-refractivity contribution in [2.75, 3.05) is 6.61 Å². The lowest BCUT2D eigenvalue weighted by Gasteiger charge is -2.01. The lowest BCUT2D eigenvalue weighted by molar-refractivity contribution is 0.211. The van der Waals surface area contributed by atoms with Gasteiger partial charge in [-0.25, -0.2) is 0 Å². The normalized spacial score (nSPS) is 11.0. The Bertz CT molecular complexity index is 64.8. The van der Waals surface area contributed by atoms with E-state index in [0.717, 1.165) is 6.61 Å². The van der Waals surface area contributed by atoms with E-state index in [1.165, 1.54) is 0 Å². The monoisotopic (exact) mass is 114 g/mol. The van der Waals surface area contributed by atoms with E-state index in [4.69, 9.17) is 4.74 Å². The highest BCUT2D eigenvalue weighted by Crippen LogP contribution is 1.91. The molecule has 0 bridgehead atoms. The van der Waals surface area contributed by atoms with Gasteiger partial charge in [-0.1, -0.05) is 19.9 Å². The second-order valence-electron chi connectivity index (χ2n) is 2.20. The lowest BCUT2D eigenvalue weighted by Crippen LogP contribution is -1.95. The highest BCUT2D eigenvalue weighted by Gasteiger charge is 1.87. The van der Waals surface area contributed by atoms with Crippen molar-refractivity contribution in [2.45, 2.75) is 20.8 Å². The van der Waals surface area contributed by atoms with Gasteiger partial charge in [0.15, 0.2) is 0 Å². The van der Waals surface area contributed by atoms with Gasteiger partial charge in [0.05, 0.1) is 12.9 Å². The SMILES string of the molecule is CC=COCC(C)C. The van der Waals surface area contributed by atoms with E-state index >= 15 is 0 Å². The summed E-state index contributed by atoms with van der Waals surface area (Å²) in [5.41, 5.74) is 0. The van der Waals surface area contributed by atoms with Gasteiger partial charge in [0.25, 0.3) is 0 Å². The Morgan fingerprint density at radius 2 is 2.12 bits per heavy atom. The van der Waals surface area contributed by atoms with Gasteiger partial charge in [0, 0.05) is 0 Å². The van der Waals surface area contributed by atoms with Crippen LogP contribution in [0.3, 0.4) is 0 Å². The molecular weight excluding hydrogens is 100 g/mol. The van der Waals surface area contributed by atoms with Gasteiger partial charge in [-0.3, -0.25) is 0 Å². The third kappa shape index (κ3) is 5.54. The number of allylic oxidation sites excluding steroid dienone is 1. The molecule has 1 heteroatoms. The summed E-state index contributed by atoms with van der Waals surface area (Å²) in [5.74, 6) is 0.631. The van der Waals surface area contributed by atoms with Crippen LogP contribution < -0.4 is 0 Å². The van der Waals surface area contributed by atoms with Crippen molar-refractivity contribution in [3.8, 4) is 0 Å². The van der Waals surface area contributed by atoms with Crippen molar-refractivity contribution in [3.63, 3.8) is 0 Å². The first-order valence-electron chi connectivity index (χ1n) is 3.00. The van der Waals surface area contributed by atoms with Crippen LogP contribution in [0.4, 0.5) is 0 Å². The molecule has 0 heterocycles. The Balaban J connectivity index is 2.93. The minimum absolute atomic E-state index is 0.631. The molecule has 0 aromatic heterocycles. The molecule has 0 N–H and O–H groups in total. The standard InChI is InChI=1S/C7H14O/c1-4-5-8-6-7(2)3/h4-5,7H,6H2,1-3H3. The van der Waals surface area contributed by atoms with Crippen LogP contribution in [0.2, 0.25) is 0 Å². The summed E-state index contributed by atoms with van der Waals surface area (Å²) in [6.45, 7) is 7.03. The summed E-state index contributed by atoms with van der Waals surface area (Å²) < 4.78 is 5.06. The summed E-state index contributed by atoms with van der Waals surface area (Å²) in [6.07, 6.45) is 3.61. The number of rotatable bonds is 3. The molecule has 0 aliphatic heterocycles. The summed E-state index contributed by atoms with van der Waals surface area (Å²) in [4.78, 5) is 0. The average molecular weight is 114 g/mol. The highest BCUT2D eigenvalue weighted by atomic mass is 16.5.